The van der Waals surface area contributed by atoms with Crippen LogP contribution in [-0.2, 0) is 0 Å². The van der Waals surface area contributed by atoms with E-state index in [1.54, 1.807) is 12.1 Å². The number of hydrogen-bond acceptors (Lipinski definition) is 2. The molecule has 15 heavy (non-hydrogen) atoms. The lowest BCUT2D eigenvalue weighted by Gasteiger charge is -2.05. The highest BCUT2D eigenvalue weighted by atomic mass is 127. The molecule has 0 aliphatic carbocycles. The Morgan fingerprint density at radius 2 is 1.87 bits per heavy atom. The molecule has 0 atom stereocenters. The average Bonchev–Trinajstić information content (AvgIpc) is 2.21. The van der Waals surface area contributed by atoms with Crippen LogP contribution >= 0.6 is 45.2 Å². The van der Waals surface area contributed by atoms with Crippen molar-refractivity contribution < 1.29 is 9.90 Å². The van der Waals surface area contributed by atoms with E-state index >= 15 is 0 Å². The third-order valence-corrected chi connectivity index (χ3v) is 3.74. The molecule has 1 rings (SSSR count). The number of carbonyl (C=O) groups excluding carboxylic acids is 1. The third kappa shape index (κ3) is 3.58. The summed E-state index contributed by atoms with van der Waals surface area (Å²) in [7, 11) is 0. The van der Waals surface area contributed by atoms with E-state index < -0.39 is 0 Å². The van der Waals surface area contributed by atoms with Gasteiger partial charge in [-0.05, 0) is 63.7 Å². The van der Waals surface area contributed by atoms with E-state index in [4.69, 9.17) is 0 Å². The van der Waals surface area contributed by atoms with Gasteiger partial charge in [-0.2, -0.15) is 0 Å². The topological polar surface area (TPSA) is 37.3 Å². The number of rotatable bonds is 4. The lowest BCUT2D eigenvalue weighted by Crippen LogP contribution is -2.00. The molecule has 0 aliphatic heterocycles. The molecule has 0 heterocycles. The Balaban J connectivity index is 2.91. The van der Waals surface area contributed by atoms with E-state index in [-0.39, 0.29) is 11.5 Å². The van der Waals surface area contributed by atoms with Gasteiger partial charge in [-0.3, -0.25) is 4.79 Å². The summed E-state index contributed by atoms with van der Waals surface area (Å²) < 4.78 is 1.47. The molecule has 1 aromatic rings. The van der Waals surface area contributed by atoms with Gasteiger partial charge < -0.3 is 5.11 Å². The number of benzene rings is 1. The summed E-state index contributed by atoms with van der Waals surface area (Å²) in [4.78, 5) is 11.7. The van der Waals surface area contributed by atoms with E-state index in [1.807, 2.05) is 45.2 Å². The molecule has 0 amide bonds. The highest BCUT2D eigenvalue weighted by molar-refractivity contribution is 14.1. The highest BCUT2D eigenvalue weighted by Crippen LogP contribution is 2.27. The summed E-state index contributed by atoms with van der Waals surface area (Å²) in [6.45, 7) is 2.07. The fraction of sp³-hybridized carbons (Fsp3) is 0.364. The minimum atomic E-state index is 0.160. The van der Waals surface area contributed by atoms with Crippen molar-refractivity contribution in [1.29, 1.82) is 0 Å². The van der Waals surface area contributed by atoms with Crippen LogP contribution in [0.5, 0.6) is 5.75 Å². The summed E-state index contributed by atoms with van der Waals surface area (Å²) in [5, 5.41) is 9.56. The monoisotopic (exact) mass is 430 g/mol. The van der Waals surface area contributed by atoms with E-state index in [1.165, 1.54) is 0 Å². The predicted molar refractivity (Wildman–Crippen MR) is 77.4 cm³/mol. The molecular formula is C11H12I2O2. The van der Waals surface area contributed by atoms with E-state index in [9.17, 15) is 9.90 Å². The number of unbranched alkanes of at least 4 members (excludes halogenated alkanes) is 1. The Labute approximate surface area is 117 Å². The Hall–Kier alpha value is 0.150. The molecule has 0 aromatic heterocycles. The number of aromatic hydroxyl groups is 1. The van der Waals surface area contributed by atoms with Crippen LogP contribution in [-0.4, -0.2) is 10.9 Å². The second-order valence-electron chi connectivity index (χ2n) is 3.32. The maximum Gasteiger partial charge on any atom is 0.162 e. The van der Waals surface area contributed by atoms with Gasteiger partial charge in [0.2, 0.25) is 0 Å². The number of ketones is 1. The van der Waals surface area contributed by atoms with Crippen LogP contribution in [0.2, 0.25) is 0 Å². The van der Waals surface area contributed by atoms with Crippen molar-refractivity contribution in [3.63, 3.8) is 0 Å². The number of Topliss-reactive ketones (excluding diaryl/α,β-unsaturated/α-hetero) is 1. The number of phenols is 1. The van der Waals surface area contributed by atoms with Gasteiger partial charge in [-0.25, -0.2) is 0 Å². The van der Waals surface area contributed by atoms with Gasteiger partial charge in [0.05, 0.1) is 7.14 Å². The maximum atomic E-state index is 11.7. The first-order chi connectivity index (χ1) is 7.06. The molecule has 0 radical (unpaired) electrons. The van der Waals surface area contributed by atoms with Crippen molar-refractivity contribution in [2.24, 2.45) is 0 Å². The molecule has 82 valence electrons. The molecule has 0 bridgehead atoms. The third-order valence-electron chi connectivity index (χ3n) is 2.10. The first kappa shape index (κ1) is 13.2. The van der Waals surface area contributed by atoms with Gasteiger partial charge in [-0.15, -0.1) is 0 Å². The molecule has 0 spiro atoms. The molecule has 0 fully saturated rings. The van der Waals surface area contributed by atoms with E-state index in [0.717, 1.165) is 20.0 Å². The van der Waals surface area contributed by atoms with Crippen LogP contribution in [0.3, 0.4) is 0 Å². The predicted octanol–water partition coefficient (Wildman–Crippen LogP) is 3.97. The van der Waals surface area contributed by atoms with Gasteiger partial charge in [-0.1, -0.05) is 13.3 Å². The Morgan fingerprint density at radius 1 is 1.33 bits per heavy atom. The molecule has 0 saturated heterocycles. The van der Waals surface area contributed by atoms with Crippen molar-refractivity contribution in [1.82, 2.24) is 0 Å². The van der Waals surface area contributed by atoms with Gasteiger partial charge in [0.1, 0.15) is 5.75 Å². The number of halogens is 2. The summed E-state index contributed by atoms with van der Waals surface area (Å²) in [5.74, 6) is 0.427. The Bertz CT molecular complexity index is 352. The molecule has 0 saturated carbocycles. The van der Waals surface area contributed by atoms with Crippen LogP contribution in [0.15, 0.2) is 12.1 Å². The minimum absolute atomic E-state index is 0.160. The maximum absolute atomic E-state index is 11.7. The van der Waals surface area contributed by atoms with Crippen LogP contribution in [0.4, 0.5) is 0 Å². The molecule has 1 aromatic carbocycles. The van der Waals surface area contributed by atoms with E-state index in [0.29, 0.717) is 12.0 Å². The molecule has 4 heteroatoms. The Kier molecular flexibility index (Phi) is 5.31. The zero-order valence-electron chi connectivity index (χ0n) is 8.39. The minimum Gasteiger partial charge on any atom is -0.506 e. The first-order valence-corrected chi connectivity index (χ1v) is 6.93. The fourth-order valence-corrected chi connectivity index (χ4v) is 2.98. The molecular weight excluding hydrogens is 418 g/mol. The summed E-state index contributed by atoms with van der Waals surface area (Å²) >= 11 is 4.08. The van der Waals surface area contributed by atoms with Crippen LogP contribution in [0.25, 0.3) is 0 Å². The van der Waals surface area contributed by atoms with Crippen molar-refractivity contribution in [2.75, 3.05) is 0 Å². The van der Waals surface area contributed by atoms with E-state index in [2.05, 4.69) is 6.92 Å². The zero-order chi connectivity index (χ0) is 11.4. The normalized spacial score (nSPS) is 10.3. The molecule has 0 unspecified atom stereocenters. The number of phenolic OH excluding ortho intramolecular Hbond substituents is 1. The molecule has 2 nitrogen and oxygen atoms in total. The van der Waals surface area contributed by atoms with Crippen LogP contribution < -0.4 is 0 Å². The fourth-order valence-electron chi connectivity index (χ4n) is 1.21. The largest absolute Gasteiger partial charge is 0.506 e. The second kappa shape index (κ2) is 6.03. The van der Waals surface area contributed by atoms with Crippen molar-refractivity contribution in [3.8, 4) is 5.75 Å². The van der Waals surface area contributed by atoms with Gasteiger partial charge in [0.25, 0.3) is 0 Å². The van der Waals surface area contributed by atoms with Crippen molar-refractivity contribution in [2.45, 2.75) is 26.2 Å². The average molecular weight is 430 g/mol. The lowest BCUT2D eigenvalue weighted by molar-refractivity contribution is 0.0979. The smallest absolute Gasteiger partial charge is 0.162 e. The number of carbonyl (C=O) groups is 1. The summed E-state index contributed by atoms with van der Waals surface area (Å²) in [6, 6.07) is 3.49. The Morgan fingerprint density at radius 3 is 2.33 bits per heavy atom. The molecule has 0 aliphatic rings. The SMILES string of the molecule is CCCCC(=O)c1cc(I)c(O)c(I)c1. The standard InChI is InChI=1S/C11H12I2O2/c1-2-3-4-10(14)7-5-8(12)11(15)9(13)6-7/h5-6,15H,2-4H2,1H3. The van der Waals surface area contributed by atoms with Gasteiger partial charge in [0.15, 0.2) is 5.78 Å². The second-order valence-corrected chi connectivity index (χ2v) is 5.64. The van der Waals surface area contributed by atoms with Crippen molar-refractivity contribution in [3.05, 3.63) is 24.8 Å². The van der Waals surface area contributed by atoms with Gasteiger partial charge in [0, 0.05) is 12.0 Å². The first-order valence-electron chi connectivity index (χ1n) is 4.77. The molecule has 1 N–H and O–H groups in total. The van der Waals surface area contributed by atoms with Gasteiger partial charge >= 0.3 is 0 Å². The lowest BCUT2D eigenvalue weighted by atomic mass is 10.1. The van der Waals surface area contributed by atoms with Crippen LogP contribution in [0.1, 0.15) is 36.5 Å². The zero-order valence-corrected chi connectivity index (χ0v) is 12.7. The van der Waals surface area contributed by atoms with Crippen molar-refractivity contribution >= 4 is 51.0 Å². The number of hydrogen-bond donors (Lipinski definition) is 1. The summed E-state index contributed by atoms with van der Waals surface area (Å²) in [6.07, 6.45) is 2.54. The highest BCUT2D eigenvalue weighted by Gasteiger charge is 2.10. The quantitative estimate of drug-likeness (QED) is 0.580. The summed E-state index contributed by atoms with van der Waals surface area (Å²) in [5.41, 5.74) is 0.704. The van der Waals surface area contributed by atoms with Crippen LogP contribution in [0, 0.1) is 7.14 Å².